The van der Waals surface area contributed by atoms with Gasteiger partial charge in [-0.2, -0.15) is 0 Å². The van der Waals surface area contributed by atoms with Gasteiger partial charge in [0.05, 0.1) is 0 Å². The number of fused-ring (bicyclic) bond motifs is 3. The molecule has 0 heterocycles. The lowest BCUT2D eigenvalue weighted by atomic mass is 9.95. The van der Waals surface area contributed by atoms with Crippen molar-refractivity contribution in [2.45, 2.75) is 6.42 Å². The summed E-state index contributed by atoms with van der Waals surface area (Å²) in [5.41, 5.74) is 12.9. The zero-order valence-electron chi connectivity index (χ0n) is 20.6. The molecule has 6 aromatic carbocycles. The molecule has 1 N–H and O–H groups in total. The second-order valence-corrected chi connectivity index (χ2v) is 9.79. The first-order valence-corrected chi connectivity index (χ1v) is 13.0. The van der Waals surface area contributed by atoms with Crippen molar-refractivity contribution in [3.05, 3.63) is 139 Å². The highest BCUT2D eigenvalue weighted by molar-refractivity contribution is 6.16. The van der Waals surface area contributed by atoms with Crippen LogP contribution in [-0.2, 0) is 6.42 Å². The summed E-state index contributed by atoms with van der Waals surface area (Å²) in [5, 5.41) is 6.29. The van der Waals surface area contributed by atoms with Crippen molar-refractivity contribution in [3.8, 4) is 44.5 Å². The van der Waals surface area contributed by atoms with Gasteiger partial charge in [-0.1, -0.05) is 109 Å². The molecule has 0 atom stereocenters. The maximum atomic E-state index is 3.60. The summed E-state index contributed by atoms with van der Waals surface area (Å²) in [7, 11) is 0. The van der Waals surface area contributed by atoms with Crippen molar-refractivity contribution in [1.82, 2.24) is 0 Å². The Morgan fingerprint density at radius 2 is 1.11 bits per heavy atom. The molecule has 1 heteroatoms. The minimum absolute atomic E-state index is 0.900. The molecule has 0 saturated heterocycles. The van der Waals surface area contributed by atoms with E-state index in [9.17, 15) is 0 Å². The molecule has 0 unspecified atom stereocenters. The molecule has 6 aromatic rings. The fourth-order valence-electron chi connectivity index (χ4n) is 5.64. The molecule has 0 amide bonds. The van der Waals surface area contributed by atoms with E-state index in [0.717, 1.165) is 18.7 Å². The number of rotatable bonds is 6. The minimum Gasteiger partial charge on any atom is -0.385 e. The van der Waals surface area contributed by atoms with Crippen LogP contribution in [0.25, 0.3) is 55.3 Å². The monoisotopic (exact) mass is 473 g/mol. The normalized spacial score (nSPS) is 11.5. The second-order valence-electron chi connectivity index (χ2n) is 9.79. The van der Waals surface area contributed by atoms with Gasteiger partial charge in [-0.15, -0.1) is 0 Å². The molecule has 1 aliphatic carbocycles. The van der Waals surface area contributed by atoms with Crippen molar-refractivity contribution in [1.29, 1.82) is 0 Å². The molecule has 7 rings (SSSR count). The van der Waals surface area contributed by atoms with Crippen molar-refractivity contribution in [2.24, 2.45) is 0 Å². The van der Waals surface area contributed by atoms with Gasteiger partial charge in [-0.25, -0.2) is 0 Å². The Morgan fingerprint density at radius 3 is 1.95 bits per heavy atom. The van der Waals surface area contributed by atoms with Crippen LogP contribution < -0.4 is 5.32 Å². The lowest BCUT2D eigenvalue weighted by molar-refractivity contribution is 1.02. The van der Waals surface area contributed by atoms with Crippen LogP contribution in [0.4, 0.5) is 5.69 Å². The Bertz CT molecular complexity index is 1730. The lowest BCUT2D eigenvalue weighted by Gasteiger charge is -2.10. The third-order valence-corrected chi connectivity index (χ3v) is 7.48. The van der Waals surface area contributed by atoms with Gasteiger partial charge >= 0.3 is 0 Å². The van der Waals surface area contributed by atoms with Gasteiger partial charge in [0.25, 0.3) is 0 Å². The van der Waals surface area contributed by atoms with E-state index in [1.54, 1.807) is 0 Å². The standard InChI is InChI=1S/C36H27N/c1-2-8-26(9-3-1)28-10-6-12-31(23-28)37-21-20-25-16-18-27(19-17-25)30-22-29-11-7-15-34-32-13-4-5-14-33(32)35(24-30)36(29)34/h1-19,22-24,37H,20-21H2. The van der Waals surface area contributed by atoms with Crippen LogP contribution >= 0.6 is 0 Å². The molecule has 0 saturated carbocycles. The predicted molar refractivity (Wildman–Crippen MR) is 158 cm³/mol. The van der Waals surface area contributed by atoms with Crippen molar-refractivity contribution < 1.29 is 0 Å². The second kappa shape index (κ2) is 9.11. The Kier molecular flexibility index (Phi) is 5.33. The Balaban J connectivity index is 1.09. The Hall–Kier alpha value is -4.62. The highest BCUT2D eigenvalue weighted by Crippen LogP contribution is 2.48. The Morgan fingerprint density at radius 1 is 0.432 bits per heavy atom. The summed E-state index contributed by atoms with van der Waals surface area (Å²) in [5.74, 6) is 0. The SMILES string of the molecule is c1ccc(-c2cccc(NCCc3ccc(-c4cc5c6c(cccc6c4)-c4ccccc4-5)cc3)c2)cc1. The molecule has 0 aromatic heterocycles. The first kappa shape index (κ1) is 21.6. The van der Waals surface area contributed by atoms with Crippen LogP contribution in [0.1, 0.15) is 5.56 Å². The van der Waals surface area contributed by atoms with Gasteiger partial charge in [-0.05, 0) is 91.5 Å². The summed E-state index contributed by atoms with van der Waals surface area (Å²) >= 11 is 0. The smallest absolute Gasteiger partial charge is 0.0346 e. The predicted octanol–water partition coefficient (Wildman–Crippen LogP) is 9.48. The first-order chi connectivity index (χ1) is 18.3. The highest BCUT2D eigenvalue weighted by atomic mass is 14.9. The van der Waals surface area contributed by atoms with Crippen LogP contribution in [0.15, 0.2) is 133 Å². The molecule has 37 heavy (non-hydrogen) atoms. The van der Waals surface area contributed by atoms with Crippen molar-refractivity contribution in [2.75, 3.05) is 11.9 Å². The topological polar surface area (TPSA) is 12.0 Å². The fraction of sp³-hybridized carbons (Fsp3) is 0.0556. The molecule has 0 bridgehead atoms. The quantitative estimate of drug-likeness (QED) is 0.254. The number of hydrogen-bond donors (Lipinski definition) is 1. The third kappa shape index (κ3) is 3.99. The molecule has 0 aliphatic heterocycles. The largest absolute Gasteiger partial charge is 0.385 e. The first-order valence-electron chi connectivity index (χ1n) is 13.0. The molecule has 1 aliphatic rings. The van der Waals surface area contributed by atoms with Gasteiger partial charge in [0, 0.05) is 12.2 Å². The van der Waals surface area contributed by atoms with E-state index >= 15 is 0 Å². The average Bonchev–Trinajstić information content (AvgIpc) is 3.29. The minimum atomic E-state index is 0.900. The van der Waals surface area contributed by atoms with Crippen LogP contribution in [0.5, 0.6) is 0 Å². The summed E-state index contributed by atoms with van der Waals surface area (Å²) in [4.78, 5) is 0. The zero-order chi connectivity index (χ0) is 24.6. The summed E-state index contributed by atoms with van der Waals surface area (Å²) in [6, 6.07) is 48.4. The Labute approximate surface area is 218 Å². The van der Waals surface area contributed by atoms with Crippen LogP contribution in [-0.4, -0.2) is 6.54 Å². The molecular formula is C36H27N. The maximum absolute atomic E-state index is 3.60. The number of anilines is 1. The number of nitrogens with one attached hydrogen (secondary N) is 1. The summed E-state index contributed by atoms with van der Waals surface area (Å²) in [6.07, 6.45) is 0.982. The van der Waals surface area contributed by atoms with E-state index in [2.05, 4.69) is 139 Å². The van der Waals surface area contributed by atoms with Gasteiger partial charge in [0.1, 0.15) is 0 Å². The van der Waals surface area contributed by atoms with Crippen LogP contribution in [0.3, 0.4) is 0 Å². The van der Waals surface area contributed by atoms with E-state index in [4.69, 9.17) is 0 Å². The van der Waals surface area contributed by atoms with E-state index in [0.29, 0.717) is 0 Å². The van der Waals surface area contributed by atoms with Crippen molar-refractivity contribution in [3.63, 3.8) is 0 Å². The van der Waals surface area contributed by atoms with Crippen LogP contribution in [0, 0.1) is 0 Å². The van der Waals surface area contributed by atoms with Crippen molar-refractivity contribution >= 4 is 16.5 Å². The van der Waals surface area contributed by atoms with E-state index in [1.165, 1.54) is 60.8 Å². The molecular weight excluding hydrogens is 446 g/mol. The molecule has 176 valence electrons. The molecule has 0 radical (unpaired) electrons. The van der Waals surface area contributed by atoms with Gasteiger partial charge in [-0.3, -0.25) is 0 Å². The highest BCUT2D eigenvalue weighted by Gasteiger charge is 2.21. The molecule has 1 nitrogen and oxygen atoms in total. The summed E-state index contributed by atoms with van der Waals surface area (Å²) in [6.45, 7) is 0.900. The molecule has 0 fully saturated rings. The van der Waals surface area contributed by atoms with Gasteiger partial charge in [0.15, 0.2) is 0 Å². The van der Waals surface area contributed by atoms with Gasteiger partial charge in [0.2, 0.25) is 0 Å². The maximum Gasteiger partial charge on any atom is 0.0346 e. The third-order valence-electron chi connectivity index (χ3n) is 7.48. The number of benzene rings is 6. The van der Waals surface area contributed by atoms with E-state index in [-0.39, 0.29) is 0 Å². The fourth-order valence-corrected chi connectivity index (χ4v) is 5.64. The average molecular weight is 474 g/mol. The van der Waals surface area contributed by atoms with E-state index in [1.807, 2.05) is 0 Å². The van der Waals surface area contributed by atoms with Gasteiger partial charge < -0.3 is 5.32 Å². The number of hydrogen-bond acceptors (Lipinski definition) is 1. The van der Waals surface area contributed by atoms with Crippen LogP contribution in [0.2, 0.25) is 0 Å². The lowest BCUT2D eigenvalue weighted by Crippen LogP contribution is -2.04. The zero-order valence-corrected chi connectivity index (χ0v) is 20.6. The summed E-state index contributed by atoms with van der Waals surface area (Å²) < 4.78 is 0. The molecule has 0 spiro atoms. The van der Waals surface area contributed by atoms with E-state index < -0.39 is 0 Å².